The van der Waals surface area contributed by atoms with E-state index in [0.717, 1.165) is 5.41 Å². The maximum Gasteiger partial charge on any atom is 0.414 e. The number of sulfonamides is 1. The zero-order valence-electron chi connectivity index (χ0n) is 14.1. The van der Waals surface area contributed by atoms with Gasteiger partial charge in [-0.05, 0) is 18.2 Å². The molecule has 2 saturated heterocycles. The lowest BCUT2D eigenvalue weighted by molar-refractivity contribution is 0.122. The number of benzene rings is 1. The predicted molar refractivity (Wildman–Crippen MR) is 94.2 cm³/mol. The van der Waals surface area contributed by atoms with E-state index in [2.05, 4.69) is 11.3 Å². The third-order valence-electron chi connectivity index (χ3n) is 4.20. The van der Waals surface area contributed by atoms with Gasteiger partial charge in [0.05, 0.1) is 31.1 Å². The van der Waals surface area contributed by atoms with Crippen LogP contribution in [0.3, 0.4) is 0 Å². The number of rotatable bonds is 6. The molecule has 0 aromatic heterocycles. The summed E-state index contributed by atoms with van der Waals surface area (Å²) in [6.45, 7) is 5.53. The van der Waals surface area contributed by atoms with E-state index in [1.54, 1.807) is 12.1 Å². The Morgan fingerprint density at radius 2 is 2.08 bits per heavy atom. The molecule has 1 aromatic carbocycles. The molecule has 0 saturated carbocycles. The molecule has 8 nitrogen and oxygen atoms in total. The van der Waals surface area contributed by atoms with Crippen LogP contribution in [-0.4, -0.2) is 60.0 Å². The molecule has 1 amide bonds. The summed E-state index contributed by atoms with van der Waals surface area (Å²) in [6, 6.07) is 4.55. The minimum absolute atomic E-state index is 0.0784. The Bertz CT molecular complexity index is 795. The highest BCUT2D eigenvalue weighted by atomic mass is 32.2. The zero-order valence-corrected chi connectivity index (χ0v) is 14.9. The maximum absolute atomic E-state index is 14.5. The Balaban J connectivity index is 1.68. The maximum atomic E-state index is 14.5. The van der Waals surface area contributed by atoms with Crippen LogP contribution < -0.4 is 14.5 Å². The number of hydrogen-bond donors (Lipinski definition) is 1. The second-order valence-electron chi connectivity index (χ2n) is 5.91. The number of nitrogens with one attached hydrogen (secondary N) is 1. The molecule has 1 N–H and O–H groups in total. The number of morpholine rings is 1. The lowest BCUT2D eigenvalue weighted by Gasteiger charge is -2.29. The Morgan fingerprint density at radius 3 is 2.73 bits per heavy atom. The molecule has 2 fully saturated rings. The third kappa shape index (κ3) is 4.14. The van der Waals surface area contributed by atoms with Crippen molar-refractivity contribution in [1.82, 2.24) is 4.72 Å². The van der Waals surface area contributed by atoms with Crippen LogP contribution in [0.2, 0.25) is 0 Å². The lowest BCUT2D eigenvalue weighted by Crippen LogP contribution is -2.36. The molecule has 1 atom stereocenters. The third-order valence-corrected chi connectivity index (χ3v) is 5.21. The van der Waals surface area contributed by atoms with Crippen LogP contribution in [-0.2, 0) is 19.5 Å². The van der Waals surface area contributed by atoms with E-state index in [-0.39, 0.29) is 13.1 Å². The highest BCUT2D eigenvalue weighted by Gasteiger charge is 2.33. The van der Waals surface area contributed by atoms with Gasteiger partial charge in [0.15, 0.2) is 0 Å². The van der Waals surface area contributed by atoms with Gasteiger partial charge in [0.2, 0.25) is 10.0 Å². The summed E-state index contributed by atoms with van der Waals surface area (Å²) in [5, 5.41) is 0.779. The number of amides is 1. The molecule has 2 aliphatic heterocycles. The summed E-state index contributed by atoms with van der Waals surface area (Å²) >= 11 is 0. The summed E-state index contributed by atoms with van der Waals surface area (Å²) in [6.07, 6.45) is -1.31. The van der Waals surface area contributed by atoms with Gasteiger partial charge in [0.1, 0.15) is 11.9 Å². The van der Waals surface area contributed by atoms with Crippen LogP contribution in [0.1, 0.15) is 0 Å². The van der Waals surface area contributed by atoms with Crippen molar-refractivity contribution < 1.29 is 27.1 Å². The number of carbonyl (C=O) groups is 1. The van der Waals surface area contributed by atoms with E-state index in [4.69, 9.17) is 9.47 Å². The van der Waals surface area contributed by atoms with Gasteiger partial charge >= 0.3 is 6.09 Å². The summed E-state index contributed by atoms with van der Waals surface area (Å²) in [4.78, 5) is 15.2. The van der Waals surface area contributed by atoms with Crippen molar-refractivity contribution in [2.45, 2.75) is 6.10 Å². The molecule has 1 aromatic rings. The number of carbonyl (C=O) groups excluding carboxylic acids is 1. The van der Waals surface area contributed by atoms with Gasteiger partial charge in [-0.15, -0.1) is 0 Å². The second kappa shape index (κ2) is 7.60. The van der Waals surface area contributed by atoms with Crippen molar-refractivity contribution in [3.63, 3.8) is 0 Å². The summed E-state index contributed by atoms with van der Waals surface area (Å²) in [7, 11) is -3.60. The van der Waals surface area contributed by atoms with E-state index < -0.39 is 28.0 Å². The van der Waals surface area contributed by atoms with Crippen LogP contribution in [0, 0.1) is 5.82 Å². The monoisotopic (exact) mass is 385 g/mol. The smallest absolute Gasteiger partial charge is 0.414 e. The summed E-state index contributed by atoms with van der Waals surface area (Å²) in [5.41, 5.74) is 0.818. The van der Waals surface area contributed by atoms with Crippen LogP contribution in [0.4, 0.5) is 20.6 Å². The average Bonchev–Trinajstić information content (AvgIpc) is 3.01. The largest absolute Gasteiger partial charge is 0.443 e. The van der Waals surface area contributed by atoms with Crippen molar-refractivity contribution in [3.8, 4) is 0 Å². The number of cyclic esters (lactones) is 1. The van der Waals surface area contributed by atoms with Crippen LogP contribution in [0.5, 0.6) is 0 Å². The molecule has 0 unspecified atom stereocenters. The van der Waals surface area contributed by atoms with E-state index in [1.165, 1.54) is 11.0 Å². The number of ether oxygens (including phenoxy) is 2. The lowest BCUT2D eigenvalue weighted by atomic mass is 10.2. The average molecular weight is 385 g/mol. The molecule has 2 heterocycles. The van der Waals surface area contributed by atoms with E-state index in [9.17, 15) is 17.6 Å². The number of hydrogen-bond acceptors (Lipinski definition) is 6. The highest BCUT2D eigenvalue weighted by Crippen LogP contribution is 2.28. The van der Waals surface area contributed by atoms with E-state index >= 15 is 0 Å². The molecular weight excluding hydrogens is 365 g/mol. The molecule has 26 heavy (non-hydrogen) atoms. The molecule has 3 rings (SSSR count). The Labute approximate surface area is 151 Å². The van der Waals surface area contributed by atoms with Crippen molar-refractivity contribution in [3.05, 3.63) is 36.0 Å². The molecule has 0 bridgehead atoms. The van der Waals surface area contributed by atoms with Gasteiger partial charge in [-0.1, -0.05) is 6.58 Å². The van der Waals surface area contributed by atoms with Crippen molar-refractivity contribution in [2.24, 2.45) is 0 Å². The van der Waals surface area contributed by atoms with Gasteiger partial charge in [0.25, 0.3) is 0 Å². The highest BCUT2D eigenvalue weighted by molar-refractivity contribution is 7.92. The molecular formula is C16H20FN3O5S. The van der Waals surface area contributed by atoms with Crippen LogP contribution in [0.25, 0.3) is 0 Å². The Morgan fingerprint density at radius 1 is 1.35 bits per heavy atom. The van der Waals surface area contributed by atoms with Gasteiger partial charge in [-0.25, -0.2) is 22.3 Å². The van der Waals surface area contributed by atoms with E-state index in [0.29, 0.717) is 37.7 Å². The molecule has 0 radical (unpaired) electrons. The first-order valence-electron chi connectivity index (χ1n) is 8.12. The van der Waals surface area contributed by atoms with Crippen molar-refractivity contribution >= 4 is 27.5 Å². The minimum atomic E-state index is -3.60. The van der Waals surface area contributed by atoms with Gasteiger partial charge in [-0.3, -0.25) is 4.90 Å². The first kappa shape index (κ1) is 18.6. The molecule has 0 aliphatic carbocycles. The van der Waals surface area contributed by atoms with Crippen molar-refractivity contribution in [2.75, 3.05) is 49.2 Å². The molecule has 142 valence electrons. The fourth-order valence-electron chi connectivity index (χ4n) is 2.83. The first-order chi connectivity index (χ1) is 12.4. The van der Waals surface area contributed by atoms with Gasteiger partial charge in [0, 0.05) is 25.0 Å². The molecule has 2 aliphatic rings. The van der Waals surface area contributed by atoms with Crippen LogP contribution in [0.15, 0.2) is 30.2 Å². The van der Waals surface area contributed by atoms with Gasteiger partial charge < -0.3 is 14.4 Å². The van der Waals surface area contributed by atoms with E-state index in [1.807, 2.05) is 4.90 Å². The number of anilines is 2. The Hall–Kier alpha value is -2.17. The second-order valence-corrected chi connectivity index (χ2v) is 7.62. The van der Waals surface area contributed by atoms with Gasteiger partial charge in [-0.2, -0.15) is 0 Å². The summed E-state index contributed by atoms with van der Waals surface area (Å²) in [5.74, 6) is -0.437. The number of halogens is 1. The van der Waals surface area contributed by atoms with Crippen molar-refractivity contribution in [1.29, 1.82) is 0 Å². The van der Waals surface area contributed by atoms with Crippen LogP contribution >= 0.6 is 0 Å². The standard InChI is InChI=1S/C16H20FN3O5S/c1-2-26(22,23)18-10-13-11-20(16(21)25-13)12-3-4-15(14(17)9-12)19-5-7-24-8-6-19/h2-4,9,13,18H,1,5-8,10-11H2/t13-/m0/s1. The summed E-state index contributed by atoms with van der Waals surface area (Å²) < 4.78 is 49.9. The minimum Gasteiger partial charge on any atom is -0.443 e. The number of nitrogens with zero attached hydrogens (tertiary/aromatic N) is 2. The molecule has 0 spiro atoms. The fourth-order valence-corrected chi connectivity index (χ4v) is 3.37. The topological polar surface area (TPSA) is 88.2 Å². The SMILES string of the molecule is C=CS(=O)(=O)NC[C@H]1CN(c2ccc(N3CCOCC3)c(F)c2)C(=O)O1. The normalized spacial score (nSPS) is 21.0. The predicted octanol–water partition coefficient (Wildman–Crippen LogP) is 1.05. The fraction of sp³-hybridized carbons (Fsp3) is 0.438. The zero-order chi connectivity index (χ0) is 18.7. The quantitative estimate of drug-likeness (QED) is 0.788. The molecule has 10 heteroatoms. The first-order valence-corrected chi connectivity index (χ1v) is 9.67. The Kier molecular flexibility index (Phi) is 5.44.